The Hall–Kier alpha value is -2.79. The predicted molar refractivity (Wildman–Crippen MR) is 124 cm³/mol. The molecule has 0 spiro atoms. The molecule has 0 aromatic carbocycles. The number of likely N-dealkylation sites (N-methyl/N-ethyl adjacent to an activating group) is 1. The third kappa shape index (κ3) is 5.10. The third-order valence-corrected chi connectivity index (χ3v) is 5.88. The summed E-state index contributed by atoms with van der Waals surface area (Å²) in [7, 11) is 4.12. The van der Waals surface area contributed by atoms with Crippen molar-refractivity contribution in [2.45, 2.75) is 13.5 Å². The first-order valence-corrected chi connectivity index (χ1v) is 11.1. The van der Waals surface area contributed by atoms with E-state index < -0.39 is 0 Å². The Morgan fingerprint density at radius 1 is 1.23 bits per heavy atom. The molecule has 0 unspecified atom stereocenters. The van der Waals surface area contributed by atoms with E-state index in [-0.39, 0.29) is 6.61 Å². The maximum Gasteiger partial charge on any atom is 0.180 e. The quantitative estimate of drug-likeness (QED) is 0.349. The second kappa shape index (κ2) is 9.56. The zero-order valence-electron chi connectivity index (χ0n) is 18.0. The van der Waals surface area contributed by atoms with Crippen LogP contribution in [0.25, 0.3) is 16.9 Å². The molecule has 4 rings (SSSR count). The van der Waals surface area contributed by atoms with Crippen molar-refractivity contribution in [3.63, 3.8) is 0 Å². The number of aliphatic hydroxyl groups is 1. The number of nitrogens with one attached hydrogen (secondary N) is 2. The standard InChI is InChI=1S/C21H28N8OS/c1-15-12-29-18(17-9-23-24-10-17)11-22-21(29)20(25-15)26-19-8-16(14-31-19)13-28(6-7-30)5-4-27(2)3/h8-12,14,30H,4-7,13H2,1-3H3,(H,23,24)(H,25,26). The van der Waals surface area contributed by atoms with E-state index in [9.17, 15) is 5.11 Å². The molecule has 0 bridgehead atoms. The van der Waals surface area contributed by atoms with Gasteiger partial charge in [0.2, 0.25) is 0 Å². The van der Waals surface area contributed by atoms with E-state index in [0.29, 0.717) is 6.54 Å². The Labute approximate surface area is 185 Å². The second-order valence-electron chi connectivity index (χ2n) is 7.80. The number of aliphatic hydroxyl groups excluding tert-OH is 1. The molecule has 31 heavy (non-hydrogen) atoms. The van der Waals surface area contributed by atoms with Crippen molar-refractivity contribution >= 4 is 27.8 Å². The summed E-state index contributed by atoms with van der Waals surface area (Å²) in [5, 5.41) is 22.9. The van der Waals surface area contributed by atoms with Crippen LogP contribution in [0.15, 0.2) is 36.2 Å². The largest absolute Gasteiger partial charge is 0.395 e. The first-order chi connectivity index (χ1) is 15.0. The lowest BCUT2D eigenvalue weighted by Gasteiger charge is -2.22. The average Bonchev–Trinajstić information content (AvgIpc) is 3.47. The molecule has 0 aliphatic heterocycles. The normalized spacial score (nSPS) is 11.8. The van der Waals surface area contributed by atoms with Gasteiger partial charge in [-0.2, -0.15) is 5.10 Å². The van der Waals surface area contributed by atoms with Gasteiger partial charge in [-0.15, -0.1) is 11.3 Å². The van der Waals surface area contributed by atoms with Gasteiger partial charge in [0.1, 0.15) is 0 Å². The monoisotopic (exact) mass is 440 g/mol. The minimum atomic E-state index is 0.159. The van der Waals surface area contributed by atoms with E-state index >= 15 is 0 Å². The average molecular weight is 441 g/mol. The van der Waals surface area contributed by atoms with Crippen LogP contribution in [0.4, 0.5) is 10.8 Å². The summed E-state index contributed by atoms with van der Waals surface area (Å²) in [6, 6.07) is 2.14. The first-order valence-electron chi connectivity index (χ1n) is 10.2. The number of hydrogen-bond acceptors (Lipinski definition) is 8. The Morgan fingerprint density at radius 3 is 2.84 bits per heavy atom. The van der Waals surface area contributed by atoms with E-state index in [4.69, 9.17) is 0 Å². The van der Waals surface area contributed by atoms with Gasteiger partial charge in [0.15, 0.2) is 11.5 Å². The molecule has 0 saturated carbocycles. The van der Waals surface area contributed by atoms with Crippen molar-refractivity contribution in [3.05, 3.63) is 47.5 Å². The summed E-state index contributed by atoms with van der Waals surface area (Å²) in [6.45, 7) is 5.47. The van der Waals surface area contributed by atoms with E-state index in [1.165, 1.54) is 5.56 Å². The molecule has 0 amide bonds. The van der Waals surface area contributed by atoms with Gasteiger partial charge in [-0.25, -0.2) is 9.97 Å². The SMILES string of the molecule is Cc1cn2c(-c3cn[nH]c3)cnc2c(Nc2cc(CN(CCO)CCN(C)C)cs2)n1. The van der Waals surface area contributed by atoms with Gasteiger partial charge in [0, 0.05) is 44.1 Å². The number of aromatic amines is 1. The highest BCUT2D eigenvalue weighted by Crippen LogP contribution is 2.29. The fourth-order valence-corrected chi connectivity index (χ4v) is 4.24. The lowest BCUT2D eigenvalue weighted by Crippen LogP contribution is -2.33. The highest BCUT2D eigenvalue weighted by Gasteiger charge is 2.14. The third-order valence-electron chi connectivity index (χ3n) is 4.99. The number of hydrogen-bond donors (Lipinski definition) is 3. The van der Waals surface area contributed by atoms with Crippen LogP contribution in [0.1, 0.15) is 11.3 Å². The van der Waals surface area contributed by atoms with Gasteiger partial charge < -0.3 is 15.3 Å². The van der Waals surface area contributed by atoms with Crippen molar-refractivity contribution in [1.29, 1.82) is 0 Å². The number of fused-ring (bicyclic) bond motifs is 1. The molecule has 0 fully saturated rings. The summed E-state index contributed by atoms with van der Waals surface area (Å²) in [5.41, 5.74) is 4.82. The molecule has 164 valence electrons. The lowest BCUT2D eigenvalue weighted by atomic mass is 10.3. The molecule has 0 saturated heterocycles. The molecule has 4 aromatic heterocycles. The second-order valence-corrected chi connectivity index (χ2v) is 8.71. The fraction of sp³-hybridized carbons (Fsp3) is 0.381. The van der Waals surface area contributed by atoms with Gasteiger partial charge in [0.25, 0.3) is 0 Å². The summed E-state index contributed by atoms with van der Waals surface area (Å²) >= 11 is 1.65. The van der Waals surface area contributed by atoms with E-state index in [1.54, 1.807) is 17.5 Å². The van der Waals surface area contributed by atoms with Crippen LogP contribution in [0.5, 0.6) is 0 Å². The van der Waals surface area contributed by atoms with Crippen molar-refractivity contribution in [2.75, 3.05) is 45.7 Å². The number of aromatic nitrogens is 5. The Kier molecular flexibility index (Phi) is 6.62. The zero-order chi connectivity index (χ0) is 21.8. The molecule has 0 aliphatic rings. The summed E-state index contributed by atoms with van der Waals surface area (Å²) in [5.74, 6) is 0.725. The molecule has 4 heterocycles. The number of anilines is 2. The highest BCUT2D eigenvalue weighted by molar-refractivity contribution is 7.14. The number of nitrogens with zero attached hydrogens (tertiary/aromatic N) is 6. The number of rotatable bonds is 10. The maximum atomic E-state index is 9.39. The summed E-state index contributed by atoms with van der Waals surface area (Å²) in [6.07, 6.45) is 7.45. The minimum Gasteiger partial charge on any atom is -0.395 e. The molecule has 0 radical (unpaired) electrons. The van der Waals surface area contributed by atoms with Crippen LogP contribution < -0.4 is 5.32 Å². The smallest absolute Gasteiger partial charge is 0.180 e. The first kappa shape index (κ1) is 21.4. The van der Waals surface area contributed by atoms with E-state index in [1.807, 2.05) is 29.9 Å². The number of H-pyrrole nitrogens is 1. The van der Waals surface area contributed by atoms with Crippen LogP contribution in [-0.4, -0.2) is 79.8 Å². The molecule has 4 aromatic rings. The van der Waals surface area contributed by atoms with Crippen molar-refractivity contribution in [2.24, 2.45) is 0 Å². The Balaban J connectivity index is 1.53. The lowest BCUT2D eigenvalue weighted by molar-refractivity contribution is 0.178. The molecule has 10 heteroatoms. The maximum absolute atomic E-state index is 9.39. The summed E-state index contributed by atoms with van der Waals surface area (Å²) < 4.78 is 2.04. The Bertz CT molecular complexity index is 1120. The molecular formula is C21H28N8OS. The van der Waals surface area contributed by atoms with E-state index in [0.717, 1.165) is 53.1 Å². The van der Waals surface area contributed by atoms with Gasteiger partial charge >= 0.3 is 0 Å². The van der Waals surface area contributed by atoms with Crippen LogP contribution in [0, 0.1) is 6.92 Å². The zero-order valence-corrected chi connectivity index (χ0v) is 18.9. The van der Waals surface area contributed by atoms with Crippen LogP contribution >= 0.6 is 11.3 Å². The van der Waals surface area contributed by atoms with Crippen LogP contribution in [-0.2, 0) is 6.54 Å². The van der Waals surface area contributed by atoms with Crippen molar-refractivity contribution < 1.29 is 5.11 Å². The Morgan fingerprint density at radius 2 is 2.10 bits per heavy atom. The predicted octanol–water partition coefficient (Wildman–Crippen LogP) is 2.59. The molecule has 3 N–H and O–H groups in total. The van der Waals surface area contributed by atoms with Crippen molar-refractivity contribution in [3.8, 4) is 11.3 Å². The van der Waals surface area contributed by atoms with Gasteiger partial charge in [-0.3, -0.25) is 14.4 Å². The number of thiophene rings is 1. The van der Waals surface area contributed by atoms with E-state index in [2.05, 4.69) is 60.8 Å². The van der Waals surface area contributed by atoms with Gasteiger partial charge in [-0.1, -0.05) is 0 Å². The van der Waals surface area contributed by atoms with Gasteiger partial charge in [0.05, 0.1) is 35.4 Å². The van der Waals surface area contributed by atoms with Crippen LogP contribution in [0.3, 0.4) is 0 Å². The molecule has 0 atom stereocenters. The van der Waals surface area contributed by atoms with Crippen molar-refractivity contribution in [1.82, 2.24) is 34.4 Å². The van der Waals surface area contributed by atoms with Gasteiger partial charge in [-0.05, 0) is 38.0 Å². The molecular weight excluding hydrogens is 412 g/mol. The summed E-state index contributed by atoms with van der Waals surface area (Å²) in [4.78, 5) is 13.7. The fourth-order valence-electron chi connectivity index (χ4n) is 3.45. The topological polar surface area (TPSA) is 97.6 Å². The molecule has 9 nitrogen and oxygen atoms in total. The number of aryl methyl sites for hydroxylation is 1. The molecule has 0 aliphatic carbocycles. The highest BCUT2D eigenvalue weighted by atomic mass is 32.1. The van der Waals surface area contributed by atoms with Crippen LogP contribution in [0.2, 0.25) is 0 Å². The number of imidazole rings is 1. The minimum absolute atomic E-state index is 0.159.